The summed E-state index contributed by atoms with van der Waals surface area (Å²) in [5.74, 6) is -12.5. The lowest BCUT2D eigenvalue weighted by Gasteiger charge is -2.21. The number of fused-ring (bicyclic) bond motifs is 8. The van der Waals surface area contributed by atoms with Gasteiger partial charge >= 0.3 is 0 Å². The second-order valence-corrected chi connectivity index (χ2v) is 13.8. The number of phenolic OH excluding ortho intramolecular Hbond substituents is 12. The van der Waals surface area contributed by atoms with Gasteiger partial charge in [-0.2, -0.15) is 0 Å². The molecular weight excluding hydrogens is 752 g/mol. The number of para-hydroxylation sites is 2. The first kappa shape index (κ1) is 34.0. The van der Waals surface area contributed by atoms with Crippen molar-refractivity contribution in [1.82, 2.24) is 0 Å². The third kappa shape index (κ3) is 4.19. The van der Waals surface area contributed by atoms with Crippen LogP contribution in [0, 0.1) is 0 Å². The van der Waals surface area contributed by atoms with Crippen molar-refractivity contribution >= 4 is 65.4 Å². The smallest absolute Gasteiger partial charge is 0.208 e. The van der Waals surface area contributed by atoms with Crippen LogP contribution in [-0.2, 0) is 0 Å². The van der Waals surface area contributed by atoms with E-state index in [1.165, 1.54) is 0 Å². The number of benzene rings is 8. The predicted molar refractivity (Wildman–Crippen MR) is 212 cm³/mol. The van der Waals surface area contributed by atoms with Crippen molar-refractivity contribution in [3.63, 3.8) is 0 Å². The van der Waals surface area contributed by atoms with Gasteiger partial charge in [0.05, 0.1) is 21.9 Å². The molecule has 0 aliphatic heterocycles. The predicted octanol–water partition coefficient (Wildman–Crippen LogP) is 9.26. The summed E-state index contributed by atoms with van der Waals surface area (Å²) in [6.07, 6.45) is 0. The highest BCUT2D eigenvalue weighted by Gasteiger charge is 2.34. The van der Waals surface area contributed by atoms with Crippen LogP contribution >= 0.6 is 0 Å². The molecule has 10 rings (SSSR count). The molecule has 12 N–H and O–H groups in total. The van der Waals surface area contributed by atoms with Gasteiger partial charge in [-0.25, -0.2) is 0 Å². The van der Waals surface area contributed by atoms with Gasteiger partial charge in [-0.3, -0.25) is 0 Å². The molecule has 0 unspecified atom stereocenters. The van der Waals surface area contributed by atoms with Crippen molar-refractivity contribution in [2.24, 2.45) is 0 Å². The fourth-order valence-electron chi connectivity index (χ4n) is 8.15. The van der Waals surface area contributed by atoms with Gasteiger partial charge in [-0.05, 0) is 39.2 Å². The molecule has 14 heteroatoms. The molecule has 2 heterocycles. The normalized spacial score (nSPS) is 11.9. The third-order valence-corrected chi connectivity index (χ3v) is 10.8. The van der Waals surface area contributed by atoms with Crippen molar-refractivity contribution in [2.45, 2.75) is 0 Å². The molecule has 0 saturated heterocycles. The zero-order chi connectivity index (χ0) is 40.6. The molecule has 0 spiro atoms. The number of aromatic hydroxyl groups is 12. The van der Waals surface area contributed by atoms with E-state index in [0.717, 1.165) is 10.8 Å². The Hall–Kier alpha value is -8.52. The summed E-state index contributed by atoms with van der Waals surface area (Å²) in [5.41, 5.74) is 0.194. The van der Waals surface area contributed by atoms with E-state index in [0.29, 0.717) is 22.3 Å². The summed E-state index contributed by atoms with van der Waals surface area (Å²) in [6.45, 7) is 0. The molecule has 8 aromatic carbocycles. The van der Waals surface area contributed by atoms with E-state index in [1.54, 1.807) is 42.5 Å². The van der Waals surface area contributed by atoms with Gasteiger partial charge in [-0.15, -0.1) is 0 Å². The summed E-state index contributed by atoms with van der Waals surface area (Å²) in [6, 6.07) is 24.2. The molecule has 0 radical (unpaired) electrons. The molecule has 0 aliphatic carbocycles. The Balaban J connectivity index is 1.40. The van der Waals surface area contributed by atoms with Crippen molar-refractivity contribution in [3.8, 4) is 102 Å². The van der Waals surface area contributed by atoms with Crippen LogP contribution in [0.1, 0.15) is 0 Å². The lowest BCUT2D eigenvalue weighted by molar-refractivity contribution is 0.330. The van der Waals surface area contributed by atoms with Gasteiger partial charge in [0.15, 0.2) is 45.7 Å². The van der Waals surface area contributed by atoms with Crippen LogP contribution in [0.3, 0.4) is 0 Å². The Morgan fingerprint density at radius 2 is 0.759 bits per heavy atom. The molecule has 286 valence electrons. The van der Waals surface area contributed by atoms with Gasteiger partial charge in [0.1, 0.15) is 11.2 Å². The highest BCUT2D eigenvalue weighted by molar-refractivity contribution is 6.27. The van der Waals surface area contributed by atoms with Crippen LogP contribution < -0.4 is 0 Å². The number of hydrogen-bond donors (Lipinski definition) is 12. The first-order valence-corrected chi connectivity index (χ1v) is 17.4. The Kier molecular flexibility index (Phi) is 6.74. The molecule has 0 aliphatic rings. The Morgan fingerprint density at radius 3 is 1.43 bits per heavy atom. The van der Waals surface area contributed by atoms with Gasteiger partial charge in [-0.1, -0.05) is 72.8 Å². The monoisotopic (exact) mass is 778 g/mol. The molecule has 0 saturated carbocycles. The lowest BCUT2D eigenvalue weighted by Crippen LogP contribution is -1.94. The fraction of sp³-hybridized carbons (Fsp3) is 0. The second kappa shape index (κ2) is 11.5. The molecule has 10 aromatic rings. The van der Waals surface area contributed by atoms with Crippen molar-refractivity contribution in [1.29, 1.82) is 0 Å². The maximum Gasteiger partial charge on any atom is 0.208 e. The van der Waals surface area contributed by atoms with Crippen LogP contribution in [0.5, 0.6) is 69.0 Å². The topological polar surface area (TPSA) is 269 Å². The van der Waals surface area contributed by atoms with Crippen molar-refractivity contribution < 1.29 is 70.1 Å². The summed E-state index contributed by atoms with van der Waals surface area (Å²) < 4.78 is 12.0. The van der Waals surface area contributed by atoms with Crippen LogP contribution in [0.2, 0.25) is 0 Å². The molecule has 14 nitrogen and oxygen atoms in total. The maximum absolute atomic E-state index is 12.1. The number of hydrogen-bond acceptors (Lipinski definition) is 14. The van der Waals surface area contributed by atoms with E-state index in [1.807, 2.05) is 42.5 Å². The molecule has 0 bridgehead atoms. The standard InChI is InChI=1S/C44H26O14/c45-30-27(35(50)43-28(33(30)48)29-34(49)38(53)40(55)41(56)44(29)58-43)25-19-8-2-1-7-18(19)24(26-31(46)36(51)39(54)37(52)32(26)47)20-13-12-15(14-22(20)25)16-9-5-10-21-17-6-3-4-11-23(17)57-42(16)21/h1-14,45-56H. The van der Waals surface area contributed by atoms with E-state index in [2.05, 4.69) is 0 Å². The van der Waals surface area contributed by atoms with E-state index < -0.39 is 102 Å². The van der Waals surface area contributed by atoms with Crippen LogP contribution in [0.25, 0.3) is 98.8 Å². The van der Waals surface area contributed by atoms with Gasteiger partial charge in [0.25, 0.3) is 0 Å². The highest BCUT2D eigenvalue weighted by atomic mass is 16.4. The third-order valence-electron chi connectivity index (χ3n) is 10.8. The first-order valence-electron chi connectivity index (χ1n) is 17.4. The number of rotatable bonds is 3. The van der Waals surface area contributed by atoms with Gasteiger partial charge in [0.2, 0.25) is 34.5 Å². The van der Waals surface area contributed by atoms with Crippen LogP contribution in [0.4, 0.5) is 0 Å². The Labute approximate surface area is 322 Å². The van der Waals surface area contributed by atoms with E-state index in [4.69, 9.17) is 8.83 Å². The molecular formula is C44H26O14. The van der Waals surface area contributed by atoms with Crippen LogP contribution in [0.15, 0.2) is 93.8 Å². The summed E-state index contributed by atoms with van der Waals surface area (Å²) in [4.78, 5) is 0. The summed E-state index contributed by atoms with van der Waals surface area (Å²) >= 11 is 0. The summed E-state index contributed by atoms with van der Waals surface area (Å²) in [7, 11) is 0. The molecule has 0 amide bonds. The number of furan rings is 2. The van der Waals surface area contributed by atoms with Gasteiger partial charge < -0.3 is 70.1 Å². The zero-order valence-corrected chi connectivity index (χ0v) is 29.3. The summed E-state index contributed by atoms with van der Waals surface area (Å²) in [5, 5.41) is 133. The number of phenols is 12. The first-order chi connectivity index (χ1) is 27.8. The van der Waals surface area contributed by atoms with Crippen molar-refractivity contribution in [2.75, 3.05) is 0 Å². The molecule has 2 aromatic heterocycles. The largest absolute Gasteiger partial charge is 0.504 e. The minimum atomic E-state index is -1.17. The zero-order valence-electron chi connectivity index (χ0n) is 29.3. The minimum Gasteiger partial charge on any atom is -0.504 e. The molecule has 0 atom stereocenters. The fourth-order valence-corrected chi connectivity index (χ4v) is 8.15. The Morgan fingerprint density at radius 1 is 0.293 bits per heavy atom. The van der Waals surface area contributed by atoms with Crippen LogP contribution in [-0.4, -0.2) is 61.3 Å². The lowest BCUT2D eigenvalue weighted by atomic mass is 9.83. The molecule has 0 fully saturated rings. The molecule has 58 heavy (non-hydrogen) atoms. The van der Waals surface area contributed by atoms with E-state index in [-0.39, 0.29) is 32.7 Å². The SMILES string of the molecule is Oc1c(O)c(O)c(-c2c3ccccc3c(-c3c(O)c(O)c4c(oc5c(O)c(O)c(O)c(O)c54)c3O)c3cc(-c4cccc5c4oc4ccccc45)ccc23)c(O)c1O. The Bertz CT molecular complexity index is 3460. The second-order valence-electron chi connectivity index (χ2n) is 13.8. The quantitative estimate of drug-likeness (QED) is 0.0453. The highest BCUT2D eigenvalue weighted by Crippen LogP contribution is 2.62. The van der Waals surface area contributed by atoms with Crippen molar-refractivity contribution in [3.05, 3.63) is 84.9 Å². The minimum absolute atomic E-state index is 0.0252. The van der Waals surface area contributed by atoms with E-state index in [9.17, 15) is 61.3 Å². The van der Waals surface area contributed by atoms with E-state index >= 15 is 0 Å². The maximum atomic E-state index is 12.1. The average molecular weight is 779 g/mol. The van der Waals surface area contributed by atoms with Gasteiger partial charge in [0, 0.05) is 27.5 Å². The average Bonchev–Trinajstić information content (AvgIpc) is 3.83.